The van der Waals surface area contributed by atoms with Crippen LogP contribution in [0.3, 0.4) is 0 Å². The molecule has 0 spiro atoms. The predicted octanol–water partition coefficient (Wildman–Crippen LogP) is -0.268. The Labute approximate surface area is 113 Å². The van der Waals surface area contributed by atoms with Gasteiger partial charge in [0.2, 0.25) is 11.7 Å². The highest BCUT2D eigenvalue weighted by Gasteiger charge is 2.24. The third-order valence-electron chi connectivity index (χ3n) is 2.43. The van der Waals surface area contributed by atoms with Gasteiger partial charge < -0.3 is 15.7 Å². The Bertz CT molecular complexity index is 538. The van der Waals surface area contributed by atoms with Gasteiger partial charge in [-0.2, -0.15) is 5.10 Å². The second kappa shape index (κ2) is 6.50. The molecule has 1 aromatic rings. The summed E-state index contributed by atoms with van der Waals surface area (Å²) in [5.41, 5.74) is 0.0446. The molecular formula is C10H15N5O5. The lowest BCUT2D eigenvalue weighted by Gasteiger charge is -2.07. The number of amides is 1. The van der Waals surface area contributed by atoms with Crippen molar-refractivity contribution in [2.45, 2.75) is 20.4 Å². The van der Waals surface area contributed by atoms with Crippen LogP contribution in [0.25, 0.3) is 0 Å². The molecule has 1 rings (SSSR count). The summed E-state index contributed by atoms with van der Waals surface area (Å²) >= 11 is 0. The molecule has 1 heterocycles. The number of carboxylic acid groups (broad SMARTS) is 1. The van der Waals surface area contributed by atoms with Gasteiger partial charge in [0.15, 0.2) is 0 Å². The maximum Gasteiger partial charge on any atom is 0.333 e. The highest BCUT2D eigenvalue weighted by molar-refractivity contribution is 5.84. The van der Waals surface area contributed by atoms with E-state index in [0.29, 0.717) is 6.54 Å². The number of hydrogen-bond acceptors (Lipinski definition) is 6. The Kier molecular flexibility index (Phi) is 5.01. The molecule has 0 aliphatic carbocycles. The van der Waals surface area contributed by atoms with E-state index in [1.54, 1.807) is 6.92 Å². The first-order chi connectivity index (χ1) is 9.36. The van der Waals surface area contributed by atoms with E-state index in [1.165, 1.54) is 11.6 Å². The molecule has 0 saturated carbocycles. The lowest BCUT2D eigenvalue weighted by atomic mass is 10.4. The van der Waals surface area contributed by atoms with E-state index >= 15 is 0 Å². The van der Waals surface area contributed by atoms with Crippen molar-refractivity contribution in [3.63, 3.8) is 0 Å². The highest BCUT2D eigenvalue weighted by Crippen LogP contribution is 2.27. The first-order valence-corrected chi connectivity index (χ1v) is 5.81. The molecule has 1 aromatic heterocycles. The zero-order chi connectivity index (χ0) is 15.3. The van der Waals surface area contributed by atoms with Gasteiger partial charge in [-0.3, -0.25) is 19.7 Å². The number of nitrogens with one attached hydrogen (secondary N) is 2. The number of carboxylic acids is 1. The Morgan fingerprint density at radius 3 is 2.60 bits per heavy atom. The van der Waals surface area contributed by atoms with Crippen LogP contribution in [0, 0.1) is 17.0 Å². The number of carbonyl (C=O) groups excluding carboxylic acids is 1. The van der Waals surface area contributed by atoms with E-state index in [2.05, 4.69) is 15.7 Å². The van der Waals surface area contributed by atoms with Gasteiger partial charge in [-0.15, -0.1) is 0 Å². The number of aryl methyl sites for hydroxylation is 2. The Balaban J connectivity index is 2.79. The molecule has 0 saturated heterocycles. The monoisotopic (exact) mass is 285 g/mol. The lowest BCUT2D eigenvalue weighted by molar-refractivity contribution is -0.384. The van der Waals surface area contributed by atoms with Gasteiger partial charge in [0, 0.05) is 6.54 Å². The van der Waals surface area contributed by atoms with Crippen molar-refractivity contribution in [2.24, 2.45) is 0 Å². The number of aliphatic carboxylic acids is 1. The number of rotatable bonds is 7. The van der Waals surface area contributed by atoms with Crippen LogP contribution in [0.15, 0.2) is 0 Å². The molecule has 1 amide bonds. The molecule has 0 unspecified atom stereocenters. The second-order valence-corrected chi connectivity index (χ2v) is 3.88. The summed E-state index contributed by atoms with van der Waals surface area (Å²) in [7, 11) is 0. The molecule has 0 aliphatic rings. The molecule has 0 bridgehead atoms. The molecule has 0 aliphatic heterocycles. The van der Waals surface area contributed by atoms with E-state index in [4.69, 9.17) is 5.11 Å². The molecule has 110 valence electrons. The molecular weight excluding hydrogens is 270 g/mol. The van der Waals surface area contributed by atoms with Crippen LogP contribution in [0.4, 0.5) is 11.5 Å². The largest absolute Gasteiger partial charge is 0.480 e. The molecule has 0 radical (unpaired) electrons. The van der Waals surface area contributed by atoms with Crippen molar-refractivity contribution in [2.75, 3.05) is 18.4 Å². The zero-order valence-corrected chi connectivity index (χ0v) is 11.0. The smallest absolute Gasteiger partial charge is 0.333 e. The Hall–Kier alpha value is -2.65. The molecule has 10 nitrogen and oxygen atoms in total. The summed E-state index contributed by atoms with van der Waals surface area (Å²) in [6.45, 7) is 2.87. The third-order valence-corrected chi connectivity index (χ3v) is 2.43. The quantitative estimate of drug-likeness (QED) is 0.463. The first-order valence-electron chi connectivity index (χ1n) is 5.81. The summed E-state index contributed by atoms with van der Waals surface area (Å²) in [5, 5.41) is 28.1. The van der Waals surface area contributed by atoms with Crippen molar-refractivity contribution in [3.8, 4) is 0 Å². The highest BCUT2D eigenvalue weighted by atomic mass is 16.6. The summed E-state index contributed by atoms with van der Waals surface area (Å²) in [5.74, 6) is -1.62. The first kappa shape index (κ1) is 15.4. The van der Waals surface area contributed by atoms with E-state index < -0.39 is 23.3 Å². The zero-order valence-electron chi connectivity index (χ0n) is 11.0. The fourth-order valence-corrected chi connectivity index (χ4v) is 1.60. The van der Waals surface area contributed by atoms with Crippen LogP contribution in [-0.2, 0) is 16.1 Å². The number of carbonyl (C=O) groups is 2. The van der Waals surface area contributed by atoms with Gasteiger partial charge in [-0.1, -0.05) is 0 Å². The SMILES string of the molecule is CCn1nc(C)c([N+](=O)[O-])c1NCC(=O)NCC(=O)O. The van der Waals surface area contributed by atoms with E-state index in [9.17, 15) is 19.7 Å². The number of nitrogens with zero attached hydrogens (tertiary/aromatic N) is 3. The molecule has 0 fully saturated rings. The average molecular weight is 285 g/mol. The van der Waals surface area contributed by atoms with Gasteiger partial charge in [0.05, 0.1) is 11.5 Å². The Morgan fingerprint density at radius 2 is 2.10 bits per heavy atom. The minimum absolute atomic E-state index is 0.125. The molecule has 10 heteroatoms. The number of nitro groups is 1. The van der Waals surface area contributed by atoms with Crippen LogP contribution in [0.2, 0.25) is 0 Å². The van der Waals surface area contributed by atoms with Crippen molar-refractivity contribution in [1.29, 1.82) is 0 Å². The topological polar surface area (TPSA) is 139 Å². The standard InChI is InChI=1S/C10H15N5O5/c1-3-14-10(9(15(19)20)6(2)13-14)12-4-7(16)11-5-8(17)18/h12H,3-5H2,1-2H3,(H,11,16)(H,17,18). The van der Waals surface area contributed by atoms with Crippen LogP contribution >= 0.6 is 0 Å². The van der Waals surface area contributed by atoms with Crippen molar-refractivity contribution >= 4 is 23.4 Å². The number of aromatic nitrogens is 2. The summed E-state index contributed by atoms with van der Waals surface area (Å²) in [6.07, 6.45) is 0. The summed E-state index contributed by atoms with van der Waals surface area (Å²) in [4.78, 5) is 32.0. The molecule has 3 N–H and O–H groups in total. The van der Waals surface area contributed by atoms with Gasteiger partial charge in [-0.05, 0) is 13.8 Å². The summed E-state index contributed by atoms with van der Waals surface area (Å²) < 4.78 is 1.37. The van der Waals surface area contributed by atoms with Crippen LogP contribution in [-0.4, -0.2) is 44.8 Å². The van der Waals surface area contributed by atoms with Crippen molar-refractivity contribution in [1.82, 2.24) is 15.1 Å². The summed E-state index contributed by atoms with van der Waals surface area (Å²) in [6, 6.07) is 0. The minimum Gasteiger partial charge on any atom is -0.480 e. The maximum absolute atomic E-state index is 11.4. The van der Waals surface area contributed by atoms with Crippen LogP contribution in [0.5, 0.6) is 0 Å². The third kappa shape index (κ3) is 3.67. The predicted molar refractivity (Wildman–Crippen MR) is 68.4 cm³/mol. The molecule has 0 atom stereocenters. The average Bonchev–Trinajstić information content (AvgIpc) is 2.69. The molecule has 20 heavy (non-hydrogen) atoms. The number of hydrogen-bond donors (Lipinski definition) is 3. The van der Waals surface area contributed by atoms with Crippen LogP contribution in [0.1, 0.15) is 12.6 Å². The fraction of sp³-hybridized carbons (Fsp3) is 0.500. The van der Waals surface area contributed by atoms with Gasteiger partial charge in [0.1, 0.15) is 12.2 Å². The van der Waals surface area contributed by atoms with E-state index in [1.807, 2.05) is 0 Å². The number of anilines is 1. The van der Waals surface area contributed by atoms with Crippen LogP contribution < -0.4 is 10.6 Å². The van der Waals surface area contributed by atoms with E-state index in [0.717, 1.165) is 0 Å². The van der Waals surface area contributed by atoms with Gasteiger partial charge in [-0.25, -0.2) is 4.68 Å². The fourth-order valence-electron chi connectivity index (χ4n) is 1.60. The van der Waals surface area contributed by atoms with E-state index in [-0.39, 0.29) is 23.7 Å². The molecule has 0 aromatic carbocycles. The second-order valence-electron chi connectivity index (χ2n) is 3.88. The van der Waals surface area contributed by atoms with Gasteiger partial charge in [0.25, 0.3) is 0 Å². The van der Waals surface area contributed by atoms with Gasteiger partial charge >= 0.3 is 11.7 Å². The Morgan fingerprint density at radius 1 is 1.45 bits per heavy atom. The normalized spacial score (nSPS) is 10.1. The van der Waals surface area contributed by atoms with Crippen molar-refractivity contribution < 1.29 is 19.6 Å². The van der Waals surface area contributed by atoms with Crippen molar-refractivity contribution in [3.05, 3.63) is 15.8 Å². The lowest BCUT2D eigenvalue weighted by Crippen LogP contribution is -2.34. The minimum atomic E-state index is -1.17. The maximum atomic E-state index is 11.4.